The van der Waals surface area contributed by atoms with E-state index in [0.717, 1.165) is 21.6 Å². The fourth-order valence-corrected chi connectivity index (χ4v) is 5.28. The average Bonchev–Trinajstić information content (AvgIpc) is 3.00. The Labute approximate surface area is 241 Å². The van der Waals surface area contributed by atoms with Crippen molar-refractivity contribution in [2.75, 3.05) is 11.1 Å². The molecule has 0 unspecified atom stereocenters. The van der Waals surface area contributed by atoms with E-state index >= 15 is 0 Å². The SMILES string of the molecule is O=C(CCCC(=O)Nc1cccc([C@@H]2O[C@H](CSc3ccc(C(=O)O)cc3)C[C@H](c3ccc(CO)cc3)O2)c1)NO. The number of hydrogen-bond donors (Lipinski definition) is 5. The zero-order chi connectivity index (χ0) is 29.2. The molecule has 3 atom stereocenters. The zero-order valence-corrected chi connectivity index (χ0v) is 23.0. The molecule has 216 valence electrons. The van der Waals surface area contributed by atoms with Crippen LogP contribution in [-0.2, 0) is 25.7 Å². The third kappa shape index (κ3) is 8.87. The van der Waals surface area contributed by atoms with Crippen molar-refractivity contribution in [2.24, 2.45) is 0 Å². The molecule has 0 aromatic heterocycles. The van der Waals surface area contributed by atoms with Gasteiger partial charge in [-0.25, -0.2) is 10.3 Å². The second-order valence-corrected chi connectivity index (χ2v) is 10.6. The van der Waals surface area contributed by atoms with Gasteiger partial charge in [0.1, 0.15) is 0 Å². The van der Waals surface area contributed by atoms with E-state index in [1.165, 1.54) is 0 Å². The molecule has 0 radical (unpaired) electrons. The quantitative estimate of drug-likeness (QED) is 0.115. The number of aliphatic hydroxyl groups excluding tert-OH is 1. The van der Waals surface area contributed by atoms with Crippen molar-refractivity contribution in [3.05, 3.63) is 95.1 Å². The average molecular weight is 581 g/mol. The minimum absolute atomic E-state index is 0.0392. The van der Waals surface area contributed by atoms with Crippen LogP contribution in [-0.4, -0.2) is 45.1 Å². The number of amides is 2. The van der Waals surface area contributed by atoms with Crippen molar-refractivity contribution in [1.82, 2.24) is 5.48 Å². The number of carboxylic acid groups (broad SMARTS) is 1. The number of carbonyl (C=O) groups is 3. The number of hydrogen-bond acceptors (Lipinski definition) is 8. The van der Waals surface area contributed by atoms with Gasteiger partial charge in [0.15, 0.2) is 6.29 Å². The highest BCUT2D eigenvalue weighted by Crippen LogP contribution is 2.40. The molecule has 0 spiro atoms. The first-order valence-corrected chi connectivity index (χ1v) is 14.1. The van der Waals surface area contributed by atoms with Gasteiger partial charge < -0.3 is 25.0 Å². The van der Waals surface area contributed by atoms with Crippen LogP contribution in [0.2, 0.25) is 0 Å². The summed E-state index contributed by atoms with van der Waals surface area (Å²) in [5.74, 6) is -1.17. The van der Waals surface area contributed by atoms with E-state index in [2.05, 4.69) is 5.32 Å². The highest BCUT2D eigenvalue weighted by Gasteiger charge is 2.32. The zero-order valence-electron chi connectivity index (χ0n) is 22.2. The Morgan fingerprint density at radius 1 is 0.902 bits per heavy atom. The first-order valence-electron chi connectivity index (χ1n) is 13.1. The smallest absolute Gasteiger partial charge is 0.335 e. The molecule has 0 bridgehead atoms. The van der Waals surface area contributed by atoms with E-state index < -0.39 is 18.2 Å². The Balaban J connectivity index is 1.46. The molecule has 4 rings (SSSR count). The summed E-state index contributed by atoms with van der Waals surface area (Å²) in [6, 6.07) is 21.5. The summed E-state index contributed by atoms with van der Waals surface area (Å²) in [6.07, 6.45) is -0.149. The summed E-state index contributed by atoms with van der Waals surface area (Å²) in [7, 11) is 0. The van der Waals surface area contributed by atoms with E-state index in [0.29, 0.717) is 24.3 Å². The Kier molecular flexibility index (Phi) is 10.9. The van der Waals surface area contributed by atoms with Crippen molar-refractivity contribution < 1.29 is 39.3 Å². The lowest BCUT2D eigenvalue weighted by Crippen LogP contribution is -2.31. The van der Waals surface area contributed by atoms with Crippen molar-refractivity contribution >= 4 is 35.2 Å². The number of carbonyl (C=O) groups excluding carboxylic acids is 2. The topological polar surface area (TPSA) is 154 Å². The van der Waals surface area contributed by atoms with E-state index in [1.54, 1.807) is 59.7 Å². The number of anilines is 1. The van der Waals surface area contributed by atoms with Crippen LogP contribution < -0.4 is 10.8 Å². The molecule has 3 aromatic rings. The summed E-state index contributed by atoms with van der Waals surface area (Å²) in [4.78, 5) is 35.6. The van der Waals surface area contributed by atoms with Gasteiger partial charge in [-0.15, -0.1) is 11.8 Å². The number of aromatic carboxylic acids is 1. The third-order valence-corrected chi connectivity index (χ3v) is 7.67. The van der Waals surface area contributed by atoms with E-state index in [-0.39, 0.29) is 43.1 Å². The minimum atomic E-state index is -0.972. The van der Waals surface area contributed by atoms with Crippen molar-refractivity contribution in [3.8, 4) is 0 Å². The summed E-state index contributed by atoms with van der Waals surface area (Å²) in [6.45, 7) is -0.0510. The van der Waals surface area contributed by atoms with Gasteiger partial charge in [0.25, 0.3) is 0 Å². The number of aliphatic hydroxyl groups is 1. The number of carboxylic acids is 1. The predicted octanol–water partition coefficient (Wildman–Crippen LogP) is 4.83. The number of rotatable bonds is 12. The van der Waals surface area contributed by atoms with E-state index in [9.17, 15) is 19.5 Å². The third-order valence-electron chi connectivity index (χ3n) is 6.53. The molecular weight excluding hydrogens is 548 g/mol. The molecule has 3 aromatic carbocycles. The van der Waals surface area contributed by atoms with Gasteiger partial charge in [-0.3, -0.25) is 14.8 Å². The molecule has 1 heterocycles. The van der Waals surface area contributed by atoms with Crippen LogP contribution in [0.15, 0.2) is 77.7 Å². The van der Waals surface area contributed by atoms with Crippen molar-refractivity contribution in [1.29, 1.82) is 0 Å². The minimum Gasteiger partial charge on any atom is -0.478 e. The molecule has 1 saturated heterocycles. The normalized spacial score (nSPS) is 18.4. The van der Waals surface area contributed by atoms with Crippen molar-refractivity contribution in [2.45, 2.75) is 55.7 Å². The molecule has 10 nitrogen and oxygen atoms in total. The van der Waals surface area contributed by atoms with Gasteiger partial charge >= 0.3 is 5.97 Å². The summed E-state index contributed by atoms with van der Waals surface area (Å²) < 4.78 is 12.7. The maximum absolute atomic E-state index is 12.4. The summed E-state index contributed by atoms with van der Waals surface area (Å²) >= 11 is 1.56. The van der Waals surface area contributed by atoms with Crippen LogP contribution in [0.3, 0.4) is 0 Å². The molecule has 0 aliphatic carbocycles. The molecule has 0 saturated carbocycles. The van der Waals surface area contributed by atoms with Crippen LogP contribution >= 0.6 is 11.8 Å². The lowest BCUT2D eigenvalue weighted by atomic mass is 10.0. The van der Waals surface area contributed by atoms with Gasteiger partial charge in [-0.05, 0) is 53.9 Å². The Bertz CT molecular complexity index is 1330. The van der Waals surface area contributed by atoms with Crippen LogP contribution in [0.4, 0.5) is 5.69 Å². The molecule has 2 amide bonds. The lowest BCUT2D eigenvalue weighted by molar-refractivity contribution is -0.245. The summed E-state index contributed by atoms with van der Waals surface area (Å²) in [5.41, 5.74) is 4.81. The molecule has 1 aliphatic rings. The maximum atomic E-state index is 12.4. The van der Waals surface area contributed by atoms with Gasteiger partial charge in [-0.2, -0.15) is 0 Å². The second kappa shape index (κ2) is 14.8. The number of nitrogens with one attached hydrogen (secondary N) is 2. The van der Waals surface area contributed by atoms with Crippen LogP contribution in [0.1, 0.15) is 65.1 Å². The monoisotopic (exact) mass is 580 g/mol. The molecular formula is C30H32N2O8S. The molecule has 11 heteroatoms. The molecule has 5 N–H and O–H groups in total. The van der Waals surface area contributed by atoms with Gasteiger partial charge in [0, 0.05) is 41.2 Å². The van der Waals surface area contributed by atoms with Crippen LogP contribution in [0.25, 0.3) is 0 Å². The number of hydroxylamine groups is 1. The molecule has 41 heavy (non-hydrogen) atoms. The summed E-state index contributed by atoms with van der Waals surface area (Å²) in [5, 5.41) is 30.0. The predicted molar refractivity (Wildman–Crippen MR) is 151 cm³/mol. The first-order chi connectivity index (χ1) is 19.8. The number of thioether (sulfide) groups is 1. The standard InChI is InChI=1S/C30H32N2O8S/c33-17-19-7-9-20(10-8-19)26-16-24(18-41-25-13-11-21(12-14-25)29(36)37)39-30(40-26)22-3-1-4-23(15-22)31-27(34)5-2-6-28(35)32-38/h1,3-4,7-15,24,26,30,33,38H,2,5-6,16-18H2,(H,31,34)(H,32,35)(H,36,37)/t24-,26+,30+/m0/s1. The number of benzene rings is 3. The molecule has 1 fully saturated rings. The fourth-order valence-electron chi connectivity index (χ4n) is 4.36. The van der Waals surface area contributed by atoms with Crippen LogP contribution in [0.5, 0.6) is 0 Å². The van der Waals surface area contributed by atoms with Crippen molar-refractivity contribution in [3.63, 3.8) is 0 Å². The Morgan fingerprint density at radius 2 is 1.63 bits per heavy atom. The first kappa shape index (κ1) is 30.2. The van der Waals surface area contributed by atoms with Gasteiger partial charge in [0.05, 0.1) is 24.4 Å². The van der Waals surface area contributed by atoms with Crippen LogP contribution in [0, 0.1) is 0 Å². The number of ether oxygens (including phenoxy) is 2. The molecule has 1 aliphatic heterocycles. The second-order valence-electron chi connectivity index (χ2n) is 9.55. The Morgan fingerprint density at radius 3 is 2.32 bits per heavy atom. The highest BCUT2D eigenvalue weighted by atomic mass is 32.2. The lowest BCUT2D eigenvalue weighted by Gasteiger charge is -2.36. The largest absolute Gasteiger partial charge is 0.478 e. The van der Waals surface area contributed by atoms with Gasteiger partial charge in [0.2, 0.25) is 11.8 Å². The highest BCUT2D eigenvalue weighted by molar-refractivity contribution is 7.99. The fraction of sp³-hybridized carbons (Fsp3) is 0.300. The van der Waals surface area contributed by atoms with Gasteiger partial charge in [-0.1, -0.05) is 36.4 Å². The van der Waals surface area contributed by atoms with E-state index in [1.807, 2.05) is 30.3 Å². The Hall–Kier alpha value is -3.74. The van der Waals surface area contributed by atoms with E-state index in [4.69, 9.17) is 19.8 Å². The maximum Gasteiger partial charge on any atom is 0.335 e.